The molecule has 0 unspecified atom stereocenters. The molecular weight excluding hydrogens is 262 g/mol. The molecule has 0 atom stereocenters. The zero-order valence-electron chi connectivity index (χ0n) is 10.6. The summed E-state index contributed by atoms with van der Waals surface area (Å²) in [5, 5.41) is 0. The van der Waals surface area contributed by atoms with Gasteiger partial charge < -0.3 is 5.73 Å². The van der Waals surface area contributed by atoms with Gasteiger partial charge in [0.2, 0.25) is 0 Å². The van der Waals surface area contributed by atoms with Crippen molar-refractivity contribution in [3.8, 4) is 0 Å². The van der Waals surface area contributed by atoms with E-state index in [0.717, 1.165) is 19.3 Å². The van der Waals surface area contributed by atoms with Crippen LogP contribution in [0.5, 0.6) is 0 Å². The number of hydrogen-bond donors (Lipinski definition) is 1. The van der Waals surface area contributed by atoms with Gasteiger partial charge in [-0.2, -0.15) is 17.0 Å². The number of hydrogen-bond acceptors (Lipinski definition) is 3. The Bertz CT molecular complexity index is 303. The molecule has 0 saturated carbocycles. The zero-order chi connectivity index (χ0) is 12.2. The number of nitrogens with two attached hydrogens (primary N) is 1. The van der Waals surface area contributed by atoms with Crippen LogP contribution in [0.25, 0.3) is 0 Å². The van der Waals surface area contributed by atoms with Crippen molar-refractivity contribution in [2.45, 2.75) is 26.2 Å². The molecule has 0 bridgehead atoms. The third-order valence-electron chi connectivity index (χ3n) is 3.17. The minimum atomic E-state index is -3.23. The molecule has 1 heterocycles. The molecule has 2 N–H and O–H groups in total. The van der Waals surface area contributed by atoms with Crippen molar-refractivity contribution in [2.75, 3.05) is 33.2 Å². The summed E-state index contributed by atoms with van der Waals surface area (Å²) in [7, 11) is -1.58. The molecule has 0 aromatic carbocycles. The second-order valence-electron chi connectivity index (χ2n) is 4.41. The Labute approximate surface area is 111 Å². The molecule has 7 heteroatoms. The molecular formula is C10H24ClN3O2S. The fourth-order valence-electron chi connectivity index (χ4n) is 2.00. The molecule has 0 aliphatic carbocycles. The van der Waals surface area contributed by atoms with Crippen LogP contribution in [0.3, 0.4) is 0 Å². The second kappa shape index (κ2) is 7.53. The van der Waals surface area contributed by atoms with Crippen LogP contribution in [0, 0.1) is 5.92 Å². The molecule has 104 valence electrons. The van der Waals surface area contributed by atoms with Gasteiger partial charge in [0.05, 0.1) is 0 Å². The average molecular weight is 286 g/mol. The van der Waals surface area contributed by atoms with E-state index in [-0.39, 0.29) is 12.4 Å². The smallest absolute Gasteiger partial charge is 0.281 e. The predicted molar refractivity (Wildman–Crippen MR) is 72.4 cm³/mol. The highest BCUT2D eigenvalue weighted by atomic mass is 35.5. The summed E-state index contributed by atoms with van der Waals surface area (Å²) in [4.78, 5) is 0. The van der Waals surface area contributed by atoms with Gasteiger partial charge in [-0.3, -0.25) is 0 Å². The van der Waals surface area contributed by atoms with E-state index >= 15 is 0 Å². The van der Waals surface area contributed by atoms with Gasteiger partial charge in [-0.05, 0) is 31.7 Å². The average Bonchev–Trinajstić information content (AvgIpc) is 2.29. The van der Waals surface area contributed by atoms with Gasteiger partial charge in [-0.1, -0.05) is 6.92 Å². The summed E-state index contributed by atoms with van der Waals surface area (Å²) in [5.41, 5.74) is 5.59. The molecule has 1 fully saturated rings. The first-order chi connectivity index (χ1) is 7.52. The van der Waals surface area contributed by atoms with Crippen molar-refractivity contribution >= 4 is 22.6 Å². The van der Waals surface area contributed by atoms with Crippen molar-refractivity contribution in [1.82, 2.24) is 8.61 Å². The summed E-state index contributed by atoms with van der Waals surface area (Å²) in [6.07, 6.45) is 2.61. The van der Waals surface area contributed by atoms with Gasteiger partial charge in [0.15, 0.2) is 0 Å². The maximum absolute atomic E-state index is 12.1. The highest BCUT2D eigenvalue weighted by Gasteiger charge is 2.30. The van der Waals surface area contributed by atoms with E-state index in [1.54, 1.807) is 11.4 Å². The molecule has 0 radical (unpaired) electrons. The fourth-order valence-corrected chi connectivity index (χ4v) is 3.48. The lowest BCUT2D eigenvalue weighted by Crippen LogP contribution is -2.46. The predicted octanol–water partition coefficient (Wildman–Crippen LogP) is 0.666. The minimum absolute atomic E-state index is 0. The van der Waals surface area contributed by atoms with Crippen LogP contribution in [-0.4, -0.2) is 50.3 Å². The van der Waals surface area contributed by atoms with Crippen LogP contribution in [0.4, 0.5) is 0 Å². The molecule has 0 aromatic heterocycles. The second-order valence-corrected chi connectivity index (χ2v) is 6.44. The summed E-state index contributed by atoms with van der Waals surface area (Å²) in [5.74, 6) is 0.489. The van der Waals surface area contributed by atoms with Gasteiger partial charge in [0.1, 0.15) is 0 Å². The molecule has 1 saturated heterocycles. The molecule has 1 aliphatic heterocycles. The summed E-state index contributed by atoms with van der Waals surface area (Å²) < 4.78 is 27.2. The normalized spacial score (nSPS) is 19.3. The van der Waals surface area contributed by atoms with Crippen LogP contribution >= 0.6 is 12.4 Å². The van der Waals surface area contributed by atoms with E-state index in [1.807, 2.05) is 6.92 Å². The van der Waals surface area contributed by atoms with Crippen molar-refractivity contribution in [1.29, 1.82) is 0 Å². The first-order valence-corrected chi connectivity index (χ1v) is 7.33. The third-order valence-corrected chi connectivity index (χ3v) is 5.15. The Morgan fingerprint density at radius 1 is 1.35 bits per heavy atom. The van der Waals surface area contributed by atoms with E-state index in [9.17, 15) is 8.42 Å². The molecule has 1 rings (SSSR count). The number of nitrogens with zero attached hydrogens (tertiary/aromatic N) is 2. The van der Waals surface area contributed by atoms with Crippen LogP contribution in [0.1, 0.15) is 26.2 Å². The third kappa shape index (κ3) is 4.37. The van der Waals surface area contributed by atoms with Crippen LogP contribution in [0.2, 0.25) is 0 Å². The van der Waals surface area contributed by atoms with Crippen molar-refractivity contribution in [3.63, 3.8) is 0 Å². The first kappa shape index (κ1) is 17.1. The lowest BCUT2D eigenvalue weighted by molar-refractivity contribution is 0.263. The lowest BCUT2D eigenvalue weighted by Gasteiger charge is -2.33. The quantitative estimate of drug-likeness (QED) is 0.807. The summed E-state index contributed by atoms with van der Waals surface area (Å²) in [6, 6.07) is 0. The molecule has 17 heavy (non-hydrogen) atoms. The number of rotatable bonds is 5. The minimum Gasteiger partial charge on any atom is -0.330 e. The molecule has 5 nitrogen and oxygen atoms in total. The highest BCUT2D eigenvalue weighted by molar-refractivity contribution is 7.86. The molecule has 0 spiro atoms. The highest BCUT2D eigenvalue weighted by Crippen LogP contribution is 2.19. The van der Waals surface area contributed by atoms with Gasteiger partial charge in [-0.25, -0.2) is 0 Å². The van der Waals surface area contributed by atoms with E-state index in [2.05, 4.69) is 0 Å². The Balaban J connectivity index is 0.00000256. The zero-order valence-corrected chi connectivity index (χ0v) is 12.3. The number of piperidine rings is 1. The molecule has 1 aliphatic rings. The largest absolute Gasteiger partial charge is 0.330 e. The Kier molecular flexibility index (Phi) is 7.58. The van der Waals surface area contributed by atoms with Crippen molar-refractivity contribution in [3.05, 3.63) is 0 Å². The maximum atomic E-state index is 12.1. The Morgan fingerprint density at radius 3 is 2.29 bits per heavy atom. The van der Waals surface area contributed by atoms with Crippen molar-refractivity contribution < 1.29 is 8.42 Å². The monoisotopic (exact) mass is 285 g/mol. The maximum Gasteiger partial charge on any atom is 0.281 e. The van der Waals surface area contributed by atoms with E-state index in [0.29, 0.717) is 32.1 Å². The fraction of sp³-hybridized carbons (Fsp3) is 1.00. The standard InChI is InChI=1S/C10H23N3O2S.ClH/c1-3-6-12(2)16(14,15)13-7-4-10(9-11)5-8-13;/h10H,3-9,11H2,1-2H3;1H. The summed E-state index contributed by atoms with van der Waals surface area (Å²) in [6.45, 7) is 4.45. The van der Waals surface area contributed by atoms with Gasteiger partial charge in [-0.15, -0.1) is 12.4 Å². The number of halogens is 1. The van der Waals surface area contributed by atoms with E-state index in [4.69, 9.17) is 5.73 Å². The van der Waals surface area contributed by atoms with Crippen LogP contribution < -0.4 is 5.73 Å². The molecule has 0 amide bonds. The van der Waals surface area contributed by atoms with Crippen molar-refractivity contribution in [2.24, 2.45) is 11.7 Å². The van der Waals surface area contributed by atoms with Gasteiger partial charge in [0.25, 0.3) is 10.2 Å². The van der Waals surface area contributed by atoms with Crippen LogP contribution in [-0.2, 0) is 10.2 Å². The lowest BCUT2D eigenvalue weighted by atomic mass is 9.99. The van der Waals surface area contributed by atoms with E-state index < -0.39 is 10.2 Å². The van der Waals surface area contributed by atoms with Gasteiger partial charge in [0, 0.05) is 26.7 Å². The van der Waals surface area contributed by atoms with E-state index in [1.165, 1.54) is 4.31 Å². The Hall–Kier alpha value is 0.120. The van der Waals surface area contributed by atoms with Crippen LogP contribution in [0.15, 0.2) is 0 Å². The molecule has 0 aromatic rings. The van der Waals surface area contributed by atoms with Gasteiger partial charge >= 0.3 is 0 Å². The Morgan fingerprint density at radius 2 is 1.88 bits per heavy atom. The first-order valence-electron chi connectivity index (χ1n) is 5.93. The summed E-state index contributed by atoms with van der Waals surface area (Å²) >= 11 is 0. The SMILES string of the molecule is CCCN(C)S(=O)(=O)N1CCC(CN)CC1.Cl. The topological polar surface area (TPSA) is 66.6 Å².